The highest BCUT2D eigenvalue weighted by Crippen LogP contribution is 2.10. The third-order valence-corrected chi connectivity index (χ3v) is 2.72. The van der Waals surface area contributed by atoms with E-state index in [0.717, 1.165) is 13.1 Å². The van der Waals surface area contributed by atoms with Crippen LogP contribution in [0.1, 0.15) is 17.3 Å². The van der Waals surface area contributed by atoms with Crippen LogP contribution in [0.2, 0.25) is 0 Å². The minimum atomic E-state index is -0.200. The lowest BCUT2D eigenvalue weighted by atomic mass is 10.2. The van der Waals surface area contributed by atoms with Crippen LogP contribution in [0, 0.1) is 0 Å². The van der Waals surface area contributed by atoms with Gasteiger partial charge in [-0.05, 0) is 12.1 Å². The molecule has 0 bridgehead atoms. The highest BCUT2D eigenvalue weighted by molar-refractivity contribution is 5.96. The van der Waals surface area contributed by atoms with Crippen LogP contribution in [0.5, 0.6) is 0 Å². The molecule has 1 aromatic heterocycles. The van der Waals surface area contributed by atoms with Gasteiger partial charge in [-0.2, -0.15) is 0 Å². The number of carbonyl (C=O) groups is 2. The lowest BCUT2D eigenvalue weighted by molar-refractivity contribution is -0.114. The van der Waals surface area contributed by atoms with Gasteiger partial charge in [0, 0.05) is 44.9 Å². The van der Waals surface area contributed by atoms with Gasteiger partial charge in [0.05, 0.1) is 0 Å². The Morgan fingerprint density at radius 2 is 2.11 bits per heavy atom. The van der Waals surface area contributed by atoms with Crippen LogP contribution >= 0.6 is 0 Å². The molecule has 0 unspecified atom stereocenters. The number of amides is 2. The van der Waals surface area contributed by atoms with Crippen molar-refractivity contribution in [2.24, 2.45) is 0 Å². The van der Waals surface area contributed by atoms with Crippen LogP contribution in [0.4, 0.5) is 5.82 Å². The number of nitrogens with one attached hydrogen (secondary N) is 2. The molecule has 2 heterocycles. The van der Waals surface area contributed by atoms with Crippen molar-refractivity contribution in [3.63, 3.8) is 0 Å². The molecule has 1 saturated heterocycles. The number of pyridine rings is 1. The zero-order valence-electron chi connectivity index (χ0n) is 10.3. The fourth-order valence-electron chi connectivity index (χ4n) is 1.86. The minimum Gasteiger partial charge on any atom is -0.336 e. The topological polar surface area (TPSA) is 74.3 Å². The quantitative estimate of drug-likeness (QED) is 0.777. The number of anilines is 1. The molecule has 0 spiro atoms. The van der Waals surface area contributed by atoms with E-state index in [2.05, 4.69) is 15.6 Å². The summed E-state index contributed by atoms with van der Waals surface area (Å²) in [4.78, 5) is 28.9. The van der Waals surface area contributed by atoms with Crippen LogP contribution in [0.3, 0.4) is 0 Å². The molecule has 96 valence electrons. The van der Waals surface area contributed by atoms with Crippen molar-refractivity contribution in [3.8, 4) is 0 Å². The van der Waals surface area contributed by atoms with E-state index in [1.807, 2.05) is 0 Å². The van der Waals surface area contributed by atoms with E-state index < -0.39 is 0 Å². The Bertz CT molecular complexity index is 455. The summed E-state index contributed by atoms with van der Waals surface area (Å²) < 4.78 is 0. The monoisotopic (exact) mass is 248 g/mol. The van der Waals surface area contributed by atoms with E-state index in [0.29, 0.717) is 24.5 Å². The molecule has 2 rings (SSSR count). The van der Waals surface area contributed by atoms with Crippen LogP contribution in [0.25, 0.3) is 0 Å². The third kappa shape index (κ3) is 3.04. The second-order valence-electron chi connectivity index (χ2n) is 4.15. The molecular weight excluding hydrogens is 232 g/mol. The van der Waals surface area contributed by atoms with Crippen LogP contribution in [-0.4, -0.2) is 47.9 Å². The molecule has 2 amide bonds. The largest absolute Gasteiger partial charge is 0.336 e. The van der Waals surface area contributed by atoms with Gasteiger partial charge in [-0.15, -0.1) is 0 Å². The molecule has 0 aliphatic carbocycles. The maximum absolute atomic E-state index is 12.2. The smallest absolute Gasteiger partial charge is 0.254 e. The first-order chi connectivity index (χ1) is 8.66. The molecule has 18 heavy (non-hydrogen) atoms. The van der Waals surface area contributed by atoms with Gasteiger partial charge in [0.2, 0.25) is 5.91 Å². The predicted octanol–water partition coefficient (Wildman–Crippen LogP) is 0.0854. The number of hydrogen-bond acceptors (Lipinski definition) is 4. The fraction of sp³-hybridized carbons (Fsp3) is 0.417. The van der Waals surface area contributed by atoms with Gasteiger partial charge >= 0.3 is 0 Å². The summed E-state index contributed by atoms with van der Waals surface area (Å²) in [5.41, 5.74) is 0.552. The Labute approximate surface area is 105 Å². The van der Waals surface area contributed by atoms with Crippen molar-refractivity contribution in [3.05, 3.63) is 23.9 Å². The number of piperazine rings is 1. The second kappa shape index (κ2) is 5.59. The van der Waals surface area contributed by atoms with Gasteiger partial charge in [0.15, 0.2) is 0 Å². The summed E-state index contributed by atoms with van der Waals surface area (Å²) in [6.07, 6.45) is 1.53. The van der Waals surface area contributed by atoms with Crippen molar-refractivity contribution < 1.29 is 9.59 Å². The van der Waals surface area contributed by atoms with Crippen molar-refractivity contribution >= 4 is 17.6 Å². The normalized spacial score (nSPS) is 15.3. The number of nitrogens with zero attached hydrogens (tertiary/aromatic N) is 2. The molecule has 0 atom stereocenters. The maximum Gasteiger partial charge on any atom is 0.254 e. The molecule has 0 radical (unpaired) electrons. The van der Waals surface area contributed by atoms with E-state index in [-0.39, 0.29) is 11.8 Å². The SMILES string of the molecule is CC(=O)Nc1cc(C(=O)N2CCNCC2)ccn1. The molecule has 6 heteroatoms. The summed E-state index contributed by atoms with van der Waals surface area (Å²) >= 11 is 0. The molecule has 0 aromatic carbocycles. The van der Waals surface area contributed by atoms with Gasteiger partial charge in [-0.25, -0.2) is 4.98 Å². The van der Waals surface area contributed by atoms with E-state index >= 15 is 0 Å². The van der Waals surface area contributed by atoms with Gasteiger partial charge in [0.1, 0.15) is 5.82 Å². The highest BCUT2D eigenvalue weighted by atomic mass is 16.2. The molecule has 6 nitrogen and oxygen atoms in total. The van der Waals surface area contributed by atoms with Crippen molar-refractivity contribution in [1.29, 1.82) is 0 Å². The first-order valence-electron chi connectivity index (χ1n) is 5.90. The lowest BCUT2D eigenvalue weighted by Crippen LogP contribution is -2.46. The Balaban J connectivity index is 2.11. The third-order valence-electron chi connectivity index (χ3n) is 2.72. The van der Waals surface area contributed by atoms with Gasteiger partial charge in [0.25, 0.3) is 5.91 Å². The minimum absolute atomic E-state index is 0.0227. The van der Waals surface area contributed by atoms with Crippen LogP contribution in [0.15, 0.2) is 18.3 Å². The van der Waals surface area contributed by atoms with Crippen molar-refractivity contribution in [2.45, 2.75) is 6.92 Å². The van der Waals surface area contributed by atoms with Gasteiger partial charge in [-0.1, -0.05) is 0 Å². The lowest BCUT2D eigenvalue weighted by Gasteiger charge is -2.27. The first-order valence-corrected chi connectivity index (χ1v) is 5.90. The second-order valence-corrected chi connectivity index (χ2v) is 4.15. The van der Waals surface area contributed by atoms with Gasteiger partial charge < -0.3 is 15.5 Å². The van der Waals surface area contributed by atoms with Crippen molar-refractivity contribution in [2.75, 3.05) is 31.5 Å². The van der Waals surface area contributed by atoms with Gasteiger partial charge in [-0.3, -0.25) is 9.59 Å². The fourth-order valence-corrected chi connectivity index (χ4v) is 1.86. The Morgan fingerprint density at radius 1 is 1.39 bits per heavy atom. The zero-order chi connectivity index (χ0) is 13.0. The number of aromatic nitrogens is 1. The zero-order valence-corrected chi connectivity index (χ0v) is 10.3. The summed E-state index contributed by atoms with van der Waals surface area (Å²) in [5, 5.41) is 5.77. The van der Waals surface area contributed by atoms with Crippen molar-refractivity contribution in [1.82, 2.24) is 15.2 Å². The predicted molar refractivity (Wildman–Crippen MR) is 67.3 cm³/mol. The maximum atomic E-state index is 12.2. The molecule has 1 aliphatic heterocycles. The van der Waals surface area contributed by atoms with E-state index in [9.17, 15) is 9.59 Å². The van der Waals surface area contributed by atoms with E-state index in [1.54, 1.807) is 17.0 Å². The molecule has 1 aromatic rings. The average molecular weight is 248 g/mol. The molecule has 1 aliphatic rings. The van der Waals surface area contributed by atoms with E-state index in [4.69, 9.17) is 0 Å². The Hall–Kier alpha value is -1.95. The standard InChI is InChI=1S/C12H16N4O2/c1-9(17)15-11-8-10(2-3-14-11)12(18)16-6-4-13-5-7-16/h2-3,8,13H,4-7H2,1H3,(H,14,15,17). The summed E-state index contributed by atoms with van der Waals surface area (Å²) in [6, 6.07) is 3.27. The highest BCUT2D eigenvalue weighted by Gasteiger charge is 2.18. The van der Waals surface area contributed by atoms with E-state index in [1.165, 1.54) is 13.1 Å². The number of carbonyl (C=O) groups excluding carboxylic acids is 2. The van der Waals surface area contributed by atoms with Crippen LogP contribution in [-0.2, 0) is 4.79 Å². The number of rotatable bonds is 2. The Morgan fingerprint density at radius 3 is 2.78 bits per heavy atom. The molecule has 1 fully saturated rings. The molecule has 2 N–H and O–H groups in total. The molecule has 0 saturated carbocycles. The molecular formula is C12H16N4O2. The Kier molecular flexibility index (Phi) is 3.88. The number of hydrogen-bond donors (Lipinski definition) is 2. The average Bonchev–Trinajstić information content (AvgIpc) is 2.38. The summed E-state index contributed by atoms with van der Waals surface area (Å²) in [5.74, 6) is 0.184. The first kappa shape index (κ1) is 12.5. The van der Waals surface area contributed by atoms with Crippen LogP contribution < -0.4 is 10.6 Å². The summed E-state index contributed by atoms with van der Waals surface area (Å²) in [7, 11) is 0. The summed E-state index contributed by atoms with van der Waals surface area (Å²) in [6.45, 7) is 4.45.